The Balaban J connectivity index is 1.40. The van der Waals surface area contributed by atoms with Gasteiger partial charge in [0, 0.05) is 43.2 Å². The van der Waals surface area contributed by atoms with Crippen LogP contribution in [0.5, 0.6) is 5.75 Å². The lowest BCUT2D eigenvalue weighted by Crippen LogP contribution is -2.41. The maximum absolute atomic E-state index is 13.0. The van der Waals surface area contributed by atoms with E-state index in [1.54, 1.807) is 61.7 Å². The first-order chi connectivity index (χ1) is 16.9. The number of piperidine rings is 1. The molecule has 1 saturated heterocycles. The van der Waals surface area contributed by atoms with Crippen LogP contribution in [-0.4, -0.2) is 49.7 Å². The number of para-hydroxylation sites is 1. The van der Waals surface area contributed by atoms with Gasteiger partial charge in [0.2, 0.25) is 15.9 Å². The van der Waals surface area contributed by atoms with Crippen molar-refractivity contribution in [3.05, 3.63) is 78.6 Å². The molecule has 2 amide bonds. The summed E-state index contributed by atoms with van der Waals surface area (Å²) in [5, 5.41) is 5.67. The van der Waals surface area contributed by atoms with Gasteiger partial charge < -0.3 is 15.4 Å². The molecule has 2 aromatic carbocycles. The molecule has 182 valence electrons. The van der Waals surface area contributed by atoms with E-state index in [-0.39, 0.29) is 35.7 Å². The molecule has 0 aliphatic carbocycles. The molecule has 9 nitrogen and oxygen atoms in total. The predicted octanol–water partition coefficient (Wildman–Crippen LogP) is 3.38. The standard InChI is InChI=1S/C25H26N4O5S/c1-34-20-7-4-6-19(16-20)27-25(31)22-9-2-3-10-23(22)28-24(30)18-11-14-29(15-12-18)35(32,33)21-8-5-13-26-17-21/h2-10,13,16-18H,11-12,14-15H2,1H3,(H,27,31)(H,28,30). The largest absolute Gasteiger partial charge is 0.497 e. The van der Waals surface area contributed by atoms with Gasteiger partial charge in [0.25, 0.3) is 5.91 Å². The number of carbonyl (C=O) groups is 2. The van der Waals surface area contributed by atoms with Gasteiger partial charge in [-0.05, 0) is 49.2 Å². The highest BCUT2D eigenvalue weighted by Gasteiger charge is 2.32. The predicted molar refractivity (Wildman–Crippen MR) is 132 cm³/mol. The van der Waals surface area contributed by atoms with Gasteiger partial charge in [-0.1, -0.05) is 18.2 Å². The Morgan fingerprint density at radius 1 is 1.00 bits per heavy atom. The summed E-state index contributed by atoms with van der Waals surface area (Å²) in [6, 6.07) is 16.8. The summed E-state index contributed by atoms with van der Waals surface area (Å²) in [7, 11) is -2.10. The van der Waals surface area contributed by atoms with Gasteiger partial charge in [-0.15, -0.1) is 0 Å². The monoisotopic (exact) mass is 494 g/mol. The topological polar surface area (TPSA) is 118 Å². The molecule has 3 aromatic rings. The van der Waals surface area contributed by atoms with Crippen LogP contribution in [0.4, 0.5) is 11.4 Å². The zero-order valence-corrected chi connectivity index (χ0v) is 20.0. The number of anilines is 2. The quantitative estimate of drug-likeness (QED) is 0.520. The molecule has 2 N–H and O–H groups in total. The Bertz CT molecular complexity index is 1310. The Hall–Kier alpha value is -3.76. The van der Waals surface area contributed by atoms with Crippen molar-refractivity contribution in [1.29, 1.82) is 0 Å². The van der Waals surface area contributed by atoms with Gasteiger partial charge in [0.05, 0.1) is 18.4 Å². The third-order valence-corrected chi connectivity index (χ3v) is 7.74. The molecule has 1 aromatic heterocycles. The van der Waals surface area contributed by atoms with E-state index < -0.39 is 10.0 Å². The summed E-state index contributed by atoms with van der Waals surface area (Å²) in [4.78, 5) is 29.9. The molecule has 1 aliphatic rings. The van der Waals surface area contributed by atoms with Crippen LogP contribution < -0.4 is 15.4 Å². The van der Waals surface area contributed by atoms with Crippen molar-refractivity contribution in [2.45, 2.75) is 17.7 Å². The van der Waals surface area contributed by atoms with Gasteiger partial charge in [0.15, 0.2) is 0 Å². The van der Waals surface area contributed by atoms with Gasteiger partial charge in [0.1, 0.15) is 10.6 Å². The van der Waals surface area contributed by atoms with Crippen LogP contribution in [-0.2, 0) is 14.8 Å². The van der Waals surface area contributed by atoms with Gasteiger partial charge >= 0.3 is 0 Å². The molecule has 0 saturated carbocycles. The minimum atomic E-state index is -3.65. The first kappa shape index (κ1) is 24.4. The second-order valence-electron chi connectivity index (χ2n) is 8.09. The van der Waals surface area contributed by atoms with E-state index in [0.717, 1.165) is 0 Å². The fraction of sp³-hybridized carbons (Fsp3) is 0.240. The van der Waals surface area contributed by atoms with Crippen LogP contribution in [0, 0.1) is 5.92 Å². The smallest absolute Gasteiger partial charge is 0.257 e. The van der Waals surface area contributed by atoms with Crippen molar-refractivity contribution in [3.8, 4) is 5.75 Å². The zero-order chi connectivity index (χ0) is 24.8. The number of sulfonamides is 1. The summed E-state index contributed by atoms with van der Waals surface area (Å²) in [6.45, 7) is 0.459. The van der Waals surface area contributed by atoms with Crippen LogP contribution in [0.1, 0.15) is 23.2 Å². The Kier molecular flexibility index (Phi) is 7.42. The maximum Gasteiger partial charge on any atom is 0.257 e. The number of carbonyl (C=O) groups excluding carboxylic acids is 2. The van der Waals surface area contributed by atoms with Gasteiger partial charge in [-0.2, -0.15) is 4.31 Å². The number of ether oxygens (including phenoxy) is 1. The van der Waals surface area contributed by atoms with Crippen molar-refractivity contribution in [2.24, 2.45) is 5.92 Å². The van der Waals surface area contributed by atoms with E-state index in [0.29, 0.717) is 35.5 Å². The van der Waals surface area contributed by atoms with Crippen LogP contribution in [0.2, 0.25) is 0 Å². The molecule has 1 fully saturated rings. The van der Waals surface area contributed by atoms with Crippen LogP contribution in [0.3, 0.4) is 0 Å². The van der Waals surface area contributed by atoms with Crippen LogP contribution >= 0.6 is 0 Å². The van der Waals surface area contributed by atoms with E-state index in [9.17, 15) is 18.0 Å². The average Bonchev–Trinajstić information content (AvgIpc) is 2.89. The molecular weight excluding hydrogens is 468 g/mol. The number of amides is 2. The molecule has 0 unspecified atom stereocenters. The SMILES string of the molecule is COc1cccc(NC(=O)c2ccccc2NC(=O)C2CCN(S(=O)(=O)c3cccnc3)CC2)c1. The van der Waals surface area contributed by atoms with E-state index >= 15 is 0 Å². The lowest BCUT2D eigenvalue weighted by molar-refractivity contribution is -0.120. The Labute approximate surface area is 204 Å². The normalized spacial score (nSPS) is 14.8. The van der Waals surface area contributed by atoms with E-state index in [4.69, 9.17) is 4.74 Å². The molecule has 4 rings (SSSR count). The molecule has 0 spiro atoms. The molecule has 10 heteroatoms. The summed E-state index contributed by atoms with van der Waals surface area (Å²) >= 11 is 0. The van der Waals surface area contributed by atoms with Crippen molar-refractivity contribution in [2.75, 3.05) is 30.8 Å². The molecule has 1 aliphatic heterocycles. The Morgan fingerprint density at radius 2 is 1.77 bits per heavy atom. The number of nitrogens with one attached hydrogen (secondary N) is 2. The fourth-order valence-electron chi connectivity index (χ4n) is 3.93. The number of nitrogens with zero attached hydrogens (tertiary/aromatic N) is 2. The van der Waals surface area contributed by atoms with Crippen molar-refractivity contribution < 1.29 is 22.7 Å². The molecule has 2 heterocycles. The minimum absolute atomic E-state index is 0.138. The second kappa shape index (κ2) is 10.7. The number of benzene rings is 2. The van der Waals surface area contributed by atoms with Crippen molar-refractivity contribution in [1.82, 2.24) is 9.29 Å². The second-order valence-corrected chi connectivity index (χ2v) is 10.0. The molecule has 0 atom stereocenters. The third-order valence-electron chi connectivity index (χ3n) is 5.85. The lowest BCUT2D eigenvalue weighted by atomic mass is 9.97. The van der Waals surface area contributed by atoms with E-state index in [1.807, 2.05) is 0 Å². The number of aromatic nitrogens is 1. The Morgan fingerprint density at radius 3 is 2.49 bits per heavy atom. The first-order valence-electron chi connectivity index (χ1n) is 11.1. The molecule has 0 radical (unpaired) electrons. The third kappa shape index (κ3) is 5.67. The highest BCUT2D eigenvalue weighted by atomic mass is 32.2. The number of hydrogen-bond acceptors (Lipinski definition) is 6. The summed E-state index contributed by atoms with van der Waals surface area (Å²) in [5.41, 5.74) is 1.28. The fourth-order valence-corrected chi connectivity index (χ4v) is 5.37. The van der Waals surface area contributed by atoms with E-state index in [2.05, 4.69) is 15.6 Å². The number of hydrogen-bond donors (Lipinski definition) is 2. The van der Waals surface area contributed by atoms with Gasteiger partial charge in [-0.25, -0.2) is 8.42 Å². The number of pyridine rings is 1. The summed E-state index contributed by atoms with van der Waals surface area (Å²) in [6.07, 6.45) is 3.60. The van der Waals surface area contributed by atoms with Crippen LogP contribution in [0.15, 0.2) is 78.0 Å². The molecule has 35 heavy (non-hydrogen) atoms. The van der Waals surface area contributed by atoms with Crippen LogP contribution in [0.25, 0.3) is 0 Å². The highest BCUT2D eigenvalue weighted by Crippen LogP contribution is 2.26. The molecular formula is C25H26N4O5S. The summed E-state index contributed by atoms with van der Waals surface area (Å²) < 4.78 is 32.2. The average molecular weight is 495 g/mol. The van der Waals surface area contributed by atoms with Crippen molar-refractivity contribution >= 4 is 33.2 Å². The van der Waals surface area contributed by atoms with Gasteiger partial charge in [-0.3, -0.25) is 14.6 Å². The van der Waals surface area contributed by atoms with E-state index in [1.165, 1.54) is 22.8 Å². The highest BCUT2D eigenvalue weighted by molar-refractivity contribution is 7.89. The maximum atomic E-state index is 13.0. The van der Waals surface area contributed by atoms with Crippen molar-refractivity contribution in [3.63, 3.8) is 0 Å². The number of methoxy groups -OCH3 is 1. The zero-order valence-electron chi connectivity index (χ0n) is 19.2. The summed E-state index contributed by atoms with van der Waals surface area (Å²) in [5.74, 6) is -0.372. The first-order valence-corrected chi connectivity index (χ1v) is 12.6. The number of rotatable bonds is 7. The lowest BCUT2D eigenvalue weighted by Gasteiger charge is -2.30. The minimum Gasteiger partial charge on any atom is -0.497 e. The molecule has 0 bridgehead atoms.